The van der Waals surface area contributed by atoms with Gasteiger partial charge in [0.1, 0.15) is 8.24 Å². The van der Waals surface area contributed by atoms with E-state index in [1.807, 2.05) is 0 Å². The molecule has 0 spiro atoms. The Morgan fingerprint density at radius 3 is 2.07 bits per heavy atom. The van der Waals surface area contributed by atoms with E-state index in [0.717, 1.165) is 6.42 Å². The SMILES string of the molecule is CCC(C#N)N[Si](C)(C)C(C)(C)C(C)C. The third kappa shape index (κ3) is 3.32. The van der Waals surface area contributed by atoms with Crippen LogP contribution in [-0.4, -0.2) is 14.3 Å². The second-order valence-electron chi connectivity index (χ2n) is 5.74. The molecule has 0 aliphatic carbocycles. The lowest BCUT2D eigenvalue weighted by Gasteiger charge is -2.44. The molecule has 88 valence electrons. The third-order valence-corrected chi connectivity index (χ3v) is 9.02. The van der Waals surface area contributed by atoms with Crippen LogP contribution in [0.3, 0.4) is 0 Å². The average Bonchev–Trinajstić information content (AvgIpc) is 2.13. The highest BCUT2D eigenvalue weighted by Gasteiger charge is 2.42. The molecule has 0 saturated carbocycles. The number of hydrogen-bond acceptors (Lipinski definition) is 2. The van der Waals surface area contributed by atoms with Crippen LogP contribution < -0.4 is 4.98 Å². The van der Waals surface area contributed by atoms with Crippen molar-refractivity contribution >= 4 is 8.24 Å². The number of nitriles is 1. The fourth-order valence-electron chi connectivity index (χ4n) is 1.57. The molecule has 0 rings (SSSR count). The van der Waals surface area contributed by atoms with E-state index in [1.165, 1.54) is 0 Å². The van der Waals surface area contributed by atoms with E-state index in [4.69, 9.17) is 5.26 Å². The molecule has 0 radical (unpaired) electrons. The Morgan fingerprint density at radius 2 is 1.80 bits per heavy atom. The molecule has 0 bridgehead atoms. The number of nitrogens with one attached hydrogen (secondary N) is 1. The normalized spacial score (nSPS) is 15.1. The van der Waals surface area contributed by atoms with Gasteiger partial charge in [0, 0.05) is 0 Å². The maximum Gasteiger partial charge on any atom is 0.126 e. The Morgan fingerprint density at radius 1 is 1.33 bits per heavy atom. The lowest BCUT2D eigenvalue weighted by molar-refractivity contribution is 0.446. The van der Waals surface area contributed by atoms with Crippen LogP contribution in [0.5, 0.6) is 0 Å². The minimum absolute atomic E-state index is 0.0182. The highest BCUT2D eigenvalue weighted by Crippen LogP contribution is 2.42. The molecule has 0 heterocycles. The van der Waals surface area contributed by atoms with Crippen LogP contribution in [0.4, 0.5) is 0 Å². The molecule has 15 heavy (non-hydrogen) atoms. The van der Waals surface area contributed by atoms with E-state index >= 15 is 0 Å². The smallest absolute Gasteiger partial charge is 0.126 e. The molecular weight excluding hydrogens is 200 g/mol. The van der Waals surface area contributed by atoms with Crippen molar-refractivity contribution in [1.82, 2.24) is 4.98 Å². The number of nitrogens with zero attached hydrogens (tertiary/aromatic N) is 1. The molecule has 0 aliphatic rings. The Kier molecular flexibility index (Phi) is 5.02. The van der Waals surface area contributed by atoms with Crippen LogP contribution in [0, 0.1) is 17.2 Å². The maximum atomic E-state index is 9.00. The zero-order valence-corrected chi connectivity index (χ0v) is 12.3. The third-order valence-electron chi connectivity index (χ3n) is 4.15. The van der Waals surface area contributed by atoms with Crippen LogP contribution in [-0.2, 0) is 0 Å². The van der Waals surface area contributed by atoms with E-state index in [2.05, 4.69) is 58.8 Å². The Balaban J connectivity index is 4.75. The van der Waals surface area contributed by atoms with Crippen molar-refractivity contribution in [3.8, 4) is 6.07 Å². The van der Waals surface area contributed by atoms with E-state index in [1.54, 1.807) is 0 Å². The molecule has 0 saturated heterocycles. The van der Waals surface area contributed by atoms with Crippen molar-refractivity contribution in [1.29, 1.82) is 5.26 Å². The zero-order chi connectivity index (χ0) is 12.3. The Labute approximate surface area is 96.2 Å². The summed E-state index contributed by atoms with van der Waals surface area (Å²) < 4.78 is 0. The molecule has 0 aromatic rings. The fourth-order valence-corrected chi connectivity index (χ4v) is 4.52. The summed E-state index contributed by atoms with van der Waals surface area (Å²) in [6.07, 6.45) is 0.890. The summed E-state index contributed by atoms with van der Waals surface area (Å²) >= 11 is 0. The topological polar surface area (TPSA) is 35.8 Å². The van der Waals surface area contributed by atoms with Gasteiger partial charge in [0.05, 0.1) is 12.1 Å². The van der Waals surface area contributed by atoms with Gasteiger partial charge in [0.25, 0.3) is 0 Å². The first-order valence-corrected chi connectivity index (χ1v) is 8.86. The summed E-state index contributed by atoms with van der Waals surface area (Å²) in [5.74, 6) is 0.642. The van der Waals surface area contributed by atoms with Crippen molar-refractivity contribution < 1.29 is 0 Å². The van der Waals surface area contributed by atoms with E-state index in [-0.39, 0.29) is 6.04 Å². The van der Waals surface area contributed by atoms with Crippen LogP contribution in [0.1, 0.15) is 41.0 Å². The molecule has 1 N–H and O–H groups in total. The minimum atomic E-state index is -1.57. The van der Waals surface area contributed by atoms with Gasteiger partial charge >= 0.3 is 0 Å². The molecule has 2 nitrogen and oxygen atoms in total. The average molecular weight is 226 g/mol. The summed E-state index contributed by atoms with van der Waals surface area (Å²) in [4.78, 5) is 3.59. The first-order chi connectivity index (χ1) is 6.69. The van der Waals surface area contributed by atoms with E-state index in [9.17, 15) is 0 Å². The van der Waals surface area contributed by atoms with Crippen molar-refractivity contribution in [3.05, 3.63) is 0 Å². The maximum absolute atomic E-state index is 9.00. The highest BCUT2D eigenvalue weighted by molar-refractivity contribution is 6.78. The van der Waals surface area contributed by atoms with Gasteiger partial charge in [-0.15, -0.1) is 0 Å². The van der Waals surface area contributed by atoms with Gasteiger partial charge in [0.15, 0.2) is 0 Å². The van der Waals surface area contributed by atoms with Crippen molar-refractivity contribution in [3.63, 3.8) is 0 Å². The van der Waals surface area contributed by atoms with Gasteiger partial charge in [-0.25, -0.2) is 0 Å². The van der Waals surface area contributed by atoms with Crippen molar-refractivity contribution in [2.24, 2.45) is 5.92 Å². The first-order valence-electron chi connectivity index (χ1n) is 5.86. The second-order valence-corrected chi connectivity index (χ2v) is 10.6. The largest absolute Gasteiger partial charge is 0.322 e. The molecule has 1 atom stereocenters. The highest BCUT2D eigenvalue weighted by atomic mass is 28.3. The standard InChI is InChI=1S/C12H26N2Si/c1-8-11(9-13)14-15(6,7)12(4,5)10(2)3/h10-11,14H,8H2,1-7H3. The molecule has 0 aromatic carbocycles. The summed E-state index contributed by atoms with van der Waals surface area (Å²) in [6.45, 7) is 15.9. The zero-order valence-electron chi connectivity index (χ0n) is 11.3. The molecule has 0 fully saturated rings. The van der Waals surface area contributed by atoms with Gasteiger partial charge in [-0.2, -0.15) is 5.26 Å². The lowest BCUT2D eigenvalue weighted by atomic mass is 9.99. The Hall–Kier alpha value is -0.333. The molecule has 3 heteroatoms. The molecular formula is C12H26N2Si. The summed E-state index contributed by atoms with van der Waals surface area (Å²) in [5, 5.41) is 9.31. The summed E-state index contributed by atoms with van der Waals surface area (Å²) in [6, 6.07) is 2.36. The van der Waals surface area contributed by atoms with E-state index in [0.29, 0.717) is 11.0 Å². The lowest BCUT2D eigenvalue weighted by Crippen LogP contribution is -2.58. The van der Waals surface area contributed by atoms with Crippen molar-refractivity contribution in [2.45, 2.75) is 65.2 Å². The molecule has 0 amide bonds. The molecule has 1 unspecified atom stereocenters. The summed E-state index contributed by atoms with van der Waals surface area (Å²) in [5.41, 5.74) is 0. The van der Waals surface area contributed by atoms with Gasteiger partial charge in [-0.3, -0.25) is 0 Å². The summed E-state index contributed by atoms with van der Waals surface area (Å²) in [7, 11) is -1.57. The first kappa shape index (κ1) is 14.7. The molecule has 0 aromatic heterocycles. The quantitative estimate of drug-likeness (QED) is 0.728. The Bertz CT molecular complexity index is 238. The van der Waals surface area contributed by atoms with Crippen molar-refractivity contribution in [2.75, 3.05) is 0 Å². The monoisotopic (exact) mass is 226 g/mol. The molecule has 0 aliphatic heterocycles. The van der Waals surface area contributed by atoms with Gasteiger partial charge < -0.3 is 4.98 Å². The predicted octanol–water partition coefficient (Wildman–Crippen LogP) is 3.52. The second kappa shape index (κ2) is 5.13. The minimum Gasteiger partial charge on any atom is -0.322 e. The fraction of sp³-hybridized carbons (Fsp3) is 0.917. The number of rotatable bonds is 5. The van der Waals surface area contributed by atoms with Gasteiger partial charge in [0.2, 0.25) is 0 Å². The van der Waals surface area contributed by atoms with Crippen LogP contribution in [0.25, 0.3) is 0 Å². The number of hydrogen-bond donors (Lipinski definition) is 1. The van der Waals surface area contributed by atoms with Gasteiger partial charge in [-0.05, 0) is 17.4 Å². The predicted molar refractivity (Wildman–Crippen MR) is 69.2 cm³/mol. The van der Waals surface area contributed by atoms with Crippen LogP contribution in [0.15, 0.2) is 0 Å². The van der Waals surface area contributed by atoms with Crippen LogP contribution in [0.2, 0.25) is 18.1 Å². The van der Waals surface area contributed by atoms with Crippen LogP contribution >= 0.6 is 0 Å². The van der Waals surface area contributed by atoms with Gasteiger partial charge in [-0.1, -0.05) is 47.7 Å². The van der Waals surface area contributed by atoms with E-state index < -0.39 is 8.24 Å².